The number of pyridine rings is 1. The molecule has 0 saturated carbocycles. The van der Waals surface area contributed by atoms with Gasteiger partial charge in [-0.25, -0.2) is 4.98 Å². The van der Waals surface area contributed by atoms with Gasteiger partial charge in [0.2, 0.25) is 11.8 Å². The van der Waals surface area contributed by atoms with Crippen LogP contribution >= 0.6 is 0 Å². The van der Waals surface area contributed by atoms with Crippen LogP contribution in [0.25, 0.3) is 0 Å². The Kier molecular flexibility index (Phi) is 4.71. The molecule has 0 radical (unpaired) electrons. The molecule has 0 spiro atoms. The van der Waals surface area contributed by atoms with Gasteiger partial charge in [0.05, 0.1) is 12.7 Å². The summed E-state index contributed by atoms with van der Waals surface area (Å²) in [5.74, 6) is 1.44. The van der Waals surface area contributed by atoms with Gasteiger partial charge in [0.1, 0.15) is 5.76 Å². The van der Waals surface area contributed by atoms with Crippen LogP contribution in [0.5, 0.6) is 0 Å². The topological polar surface area (TPSA) is 62.5 Å². The first-order chi connectivity index (χ1) is 11.1. The molecule has 1 amide bonds. The molecule has 0 aromatic carbocycles. The summed E-state index contributed by atoms with van der Waals surface area (Å²) < 4.78 is 5.52. The molecular formula is C17H22N4O2. The lowest BCUT2D eigenvalue weighted by Crippen LogP contribution is -2.40. The van der Waals surface area contributed by atoms with E-state index < -0.39 is 0 Å². The normalized spacial score (nSPS) is 18.3. The first kappa shape index (κ1) is 15.7. The lowest BCUT2D eigenvalue weighted by Gasteiger charge is -2.27. The number of likely N-dealkylation sites (tertiary alicyclic amines) is 1. The Morgan fingerprint density at radius 1 is 1.48 bits per heavy atom. The van der Waals surface area contributed by atoms with E-state index in [-0.39, 0.29) is 11.9 Å². The number of hydrogen-bond acceptors (Lipinski definition) is 5. The van der Waals surface area contributed by atoms with Crippen LogP contribution in [0.4, 0.5) is 0 Å². The summed E-state index contributed by atoms with van der Waals surface area (Å²) in [6.45, 7) is 6.63. The van der Waals surface area contributed by atoms with Gasteiger partial charge in [-0.3, -0.25) is 14.7 Å². The molecule has 6 nitrogen and oxygen atoms in total. The van der Waals surface area contributed by atoms with Crippen molar-refractivity contribution in [2.24, 2.45) is 0 Å². The summed E-state index contributed by atoms with van der Waals surface area (Å²) in [4.78, 5) is 24.6. The predicted molar refractivity (Wildman–Crippen MR) is 85.4 cm³/mol. The summed E-state index contributed by atoms with van der Waals surface area (Å²) >= 11 is 0. The Balaban J connectivity index is 1.62. The summed E-state index contributed by atoms with van der Waals surface area (Å²) in [6.07, 6.45) is 6.34. The first-order valence-corrected chi connectivity index (χ1v) is 7.91. The van der Waals surface area contributed by atoms with Crippen LogP contribution in [0.15, 0.2) is 35.1 Å². The second-order valence-electron chi connectivity index (χ2n) is 6.05. The number of carbonyl (C=O) groups excluding carboxylic acids is 1. The quantitative estimate of drug-likeness (QED) is 0.844. The van der Waals surface area contributed by atoms with E-state index in [2.05, 4.69) is 20.9 Å². The number of aryl methyl sites for hydroxylation is 1. The minimum atomic E-state index is 0.0640. The molecule has 0 aliphatic carbocycles. The standard InChI is InChI=1S/C17H22N4O2/c1-13-8-19-17(23-13)12-21(14(2)22)16-5-7-20(11-16)10-15-4-3-6-18-9-15/h3-4,6,8-9,16H,5,7,10-12H2,1-2H3/t16-/m1/s1. The molecule has 6 heteroatoms. The van der Waals surface area contributed by atoms with Crippen molar-refractivity contribution in [2.75, 3.05) is 13.1 Å². The summed E-state index contributed by atoms with van der Waals surface area (Å²) in [5.41, 5.74) is 1.20. The maximum atomic E-state index is 12.0. The molecular weight excluding hydrogens is 292 g/mol. The van der Waals surface area contributed by atoms with Crippen molar-refractivity contribution < 1.29 is 9.21 Å². The number of hydrogen-bond donors (Lipinski definition) is 0. The van der Waals surface area contributed by atoms with Crippen molar-refractivity contribution in [1.82, 2.24) is 19.8 Å². The molecule has 23 heavy (non-hydrogen) atoms. The number of oxazole rings is 1. The van der Waals surface area contributed by atoms with E-state index >= 15 is 0 Å². The molecule has 2 aromatic heterocycles. The largest absolute Gasteiger partial charge is 0.444 e. The van der Waals surface area contributed by atoms with E-state index in [0.717, 1.165) is 31.8 Å². The Bertz CT molecular complexity index is 656. The number of rotatable bonds is 5. The number of nitrogens with zero attached hydrogens (tertiary/aromatic N) is 4. The average molecular weight is 314 g/mol. The Morgan fingerprint density at radius 3 is 3.00 bits per heavy atom. The third kappa shape index (κ3) is 3.96. The highest BCUT2D eigenvalue weighted by Crippen LogP contribution is 2.20. The molecule has 1 aliphatic heterocycles. The van der Waals surface area contributed by atoms with Crippen LogP contribution in [0, 0.1) is 6.92 Å². The predicted octanol–water partition coefficient (Wildman–Crippen LogP) is 2.00. The van der Waals surface area contributed by atoms with Gasteiger partial charge in [0.15, 0.2) is 0 Å². The van der Waals surface area contributed by atoms with Crippen molar-refractivity contribution in [2.45, 2.75) is 39.4 Å². The second kappa shape index (κ2) is 6.91. The van der Waals surface area contributed by atoms with E-state index in [1.165, 1.54) is 5.56 Å². The van der Waals surface area contributed by atoms with E-state index in [1.54, 1.807) is 19.3 Å². The zero-order chi connectivity index (χ0) is 16.2. The monoisotopic (exact) mass is 314 g/mol. The number of amides is 1. The van der Waals surface area contributed by atoms with Gasteiger partial charge in [-0.15, -0.1) is 0 Å². The fourth-order valence-corrected chi connectivity index (χ4v) is 3.08. The van der Waals surface area contributed by atoms with Gasteiger partial charge >= 0.3 is 0 Å². The molecule has 3 heterocycles. The van der Waals surface area contributed by atoms with Gasteiger partial charge < -0.3 is 9.32 Å². The molecule has 1 fully saturated rings. The van der Waals surface area contributed by atoms with Crippen molar-refractivity contribution in [3.05, 3.63) is 47.9 Å². The molecule has 122 valence electrons. The van der Waals surface area contributed by atoms with Crippen molar-refractivity contribution in [3.63, 3.8) is 0 Å². The van der Waals surface area contributed by atoms with Gasteiger partial charge in [0, 0.05) is 45.0 Å². The maximum absolute atomic E-state index is 12.0. The molecule has 0 bridgehead atoms. The molecule has 0 unspecified atom stereocenters. The van der Waals surface area contributed by atoms with E-state index in [0.29, 0.717) is 12.4 Å². The minimum Gasteiger partial charge on any atom is -0.444 e. The zero-order valence-corrected chi connectivity index (χ0v) is 13.6. The van der Waals surface area contributed by atoms with E-state index in [4.69, 9.17) is 4.42 Å². The van der Waals surface area contributed by atoms with Crippen molar-refractivity contribution in [1.29, 1.82) is 0 Å². The van der Waals surface area contributed by atoms with Crippen LogP contribution in [0.3, 0.4) is 0 Å². The molecule has 1 atom stereocenters. The molecule has 3 rings (SSSR count). The smallest absolute Gasteiger partial charge is 0.220 e. The Hall–Kier alpha value is -2.21. The first-order valence-electron chi connectivity index (χ1n) is 7.91. The summed E-state index contributed by atoms with van der Waals surface area (Å²) in [6, 6.07) is 4.24. The third-order valence-corrected chi connectivity index (χ3v) is 4.20. The van der Waals surface area contributed by atoms with Crippen molar-refractivity contribution >= 4 is 5.91 Å². The lowest BCUT2D eigenvalue weighted by atomic mass is 10.2. The fourth-order valence-electron chi connectivity index (χ4n) is 3.08. The highest BCUT2D eigenvalue weighted by molar-refractivity contribution is 5.73. The van der Waals surface area contributed by atoms with Gasteiger partial charge in [-0.05, 0) is 25.0 Å². The number of carbonyl (C=O) groups is 1. The van der Waals surface area contributed by atoms with Gasteiger partial charge in [-0.2, -0.15) is 0 Å². The highest BCUT2D eigenvalue weighted by atomic mass is 16.4. The molecule has 2 aromatic rings. The minimum absolute atomic E-state index is 0.0640. The molecule has 0 N–H and O–H groups in total. The summed E-state index contributed by atoms with van der Waals surface area (Å²) in [5, 5.41) is 0. The molecule has 1 saturated heterocycles. The zero-order valence-electron chi connectivity index (χ0n) is 13.6. The van der Waals surface area contributed by atoms with Crippen LogP contribution < -0.4 is 0 Å². The van der Waals surface area contributed by atoms with Crippen LogP contribution in [-0.2, 0) is 17.9 Å². The average Bonchev–Trinajstić information content (AvgIpc) is 3.15. The maximum Gasteiger partial charge on any atom is 0.220 e. The SMILES string of the molecule is CC(=O)N(Cc1ncc(C)o1)[C@@H]1CCN(Cc2cccnc2)C1. The molecule has 1 aliphatic rings. The Labute approximate surface area is 136 Å². The van der Waals surface area contributed by atoms with Gasteiger partial charge in [-0.1, -0.05) is 6.07 Å². The van der Waals surface area contributed by atoms with Gasteiger partial charge in [0.25, 0.3) is 0 Å². The highest BCUT2D eigenvalue weighted by Gasteiger charge is 2.30. The second-order valence-corrected chi connectivity index (χ2v) is 6.05. The van der Waals surface area contributed by atoms with E-state index in [1.807, 2.05) is 24.1 Å². The van der Waals surface area contributed by atoms with Crippen LogP contribution in [0.1, 0.15) is 30.6 Å². The van der Waals surface area contributed by atoms with Crippen LogP contribution in [0.2, 0.25) is 0 Å². The summed E-state index contributed by atoms with van der Waals surface area (Å²) in [7, 11) is 0. The Morgan fingerprint density at radius 2 is 2.35 bits per heavy atom. The number of aromatic nitrogens is 2. The fraction of sp³-hybridized carbons (Fsp3) is 0.471. The lowest BCUT2D eigenvalue weighted by molar-refractivity contribution is -0.132. The third-order valence-electron chi connectivity index (χ3n) is 4.20. The van der Waals surface area contributed by atoms with E-state index in [9.17, 15) is 4.79 Å². The van der Waals surface area contributed by atoms with Crippen LogP contribution in [-0.4, -0.2) is 44.8 Å². The van der Waals surface area contributed by atoms with Crippen molar-refractivity contribution in [3.8, 4) is 0 Å².